The second kappa shape index (κ2) is 3.02. The van der Waals surface area contributed by atoms with Crippen LogP contribution in [0.2, 0.25) is 0 Å². The Morgan fingerprint density at radius 3 is 3.00 bits per heavy atom. The van der Waals surface area contributed by atoms with Gasteiger partial charge in [0, 0.05) is 12.1 Å². The molecule has 1 heteroatoms. The summed E-state index contributed by atoms with van der Waals surface area (Å²) in [6, 6.07) is 10.9. The summed E-state index contributed by atoms with van der Waals surface area (Å²) in [4.78, 5) is 3.01. The lowest BCUT2D eigenvalue weighted by atomic mass is 9.95. The average Bonchev–Trinajstić information content (AvgIpc) is 2.85. The summed E-state index contributed by atoms with van der Waals surface area (Å²) in [5.41, 5.74) is 4.30. The minimum absolute atomic E-state index is 0.567. The first-order valence-electron chi connectivity index (χ1n) is 5.08. The number of fused-ring (bicyclic) bond motifs is 1. The summed E-state index contributed by atoms with van der Waals surface area (Å²) in [5.74, 6) is 0.567. The molecule has 0 saturated carbocycles. The highest BCUT2D eigenvalue weighted by Gasteiger charge is 2.23. The van der Waals surface area contributed by atoms with Crippen molar-refractivity contribution in [3.8, 4) is 0 Å². The number of aromatic nitrogens is 1. The van der Waals surface area contributed by atoms with Gasteiger partial charge in [-0.25, -0.2) is 0 Å². The van der Waals surface area contributed by atoms with E-state index >= 15 is 0 Å². The van der Waals surface area contributed by atoms with Crippen LogP contribution in [0.15, 0.2) is 36.5 Å². The lowest BCUT2D eigenvalue weighted by Crippen LogP contribution is -1.93. The van der Waals surface area contributed by atoms with Crippen LogP contribution in [0.5, 0.6) is 0 Å². The molecule has 1 radical (unpaired) electrons. The Labute approximate surface area is 83.8 Å². The zero-order valence-corrected chi connectivity index (χ0v) is 7.96. The van der Waals surface area contributed by atoms with E-state index in [1.54, 1.807) is 0 Å². The lowest BCUT2D eigenvalue weighted by Gasteiger charge is -2.08. The van der Waals surface area contributed by atoms with Gasteiger partial charge in [-0.15, -0.1) is 0 Å². The largest absolute Gasteiger partial charge is 0.360 e. The summed E-state index contributed by atoms with van der Waals surface area (Å²) in [6.45, 7) is 0. The first-order valence-corrected chi connectivity index (χ1v) is 5.08. The molecule has 1 aliphatic carbocycles. The summed E-state index contributed by atoms with van der Waals surface area (Å²) in [6.07, 6.45) is 7.59. The Morgan fingerprint density at radius 1 is 1.21 bits per heavy atom. The van der Waals surface area contributed by atoms with Gasteiger partial charge < -0.3 is 4.98 Å². The summed E-state index contributed by atoms with van der Waals surface area (Å²) in [7, 11) is 0. The van der Waals surface area contributed by atoms with Gasteiger partial charge in [-0.3, -0.25) is 0 Å². The average molecular weight is 182 g/mol. The molecule has 1 atom stereocenters. The van der Waals surface area contributed by atoms with Crippen LogP contribution >= 0.6 is 0 Å². The molecule has 69 valence electrons. The number of nitrogens with one attached hydrogen (secondary N) is 1. The second-order valence-electron chi connectivity index (χ2n) is 3.85. The third-order valence-corrected chi connectivity index (χ3v) is 3.07. The predicted molar refractivity (Wildman–Crippen MR) is 56.2 cm³/mol. The number of H-pyrrole nitrogens is 1. The van der Waals surface area contributed by atoms with Gasteiger partial charge >= 0.3 is 0 Å². The highest BCUT2D eigenvalue weighted by atomic mass is 14.6. The van der Waals surface area contributed by atoms with Crippen molar-refractivity contribution in [2.45, 2.75) is 18.8 Å². The SMILES string of the molecule is [c]1[nH]ccc1C1CCc2ccccc21. The Kier molecular flexibility index (Phi) is 1.69. The predicted octanol–water partition coefficient (Wildman–Crippen LogP) is 2.89. The minimum Gasteiger partial charge on any atom is -0.360 e. The minimum atomic E-state index is 0.567. The van der Waals surface area contributed by atoms with Crippen molar-refractivity contribution in [1.82, 2.24) is 4.98 Å². The maximum absolute atomic E-state index is 3.19. The molecule has 14 heavy (non-hydrogen) atoms. The molecule has 1 unspecified atom stereocenters. The van der Waals surface area contributed by atoms with Crippen molar-refractivity contribution in [3.05, 3.63) is 59.4 Å². The number of hydrogen-bond donors (Lipinski definition) is 1. The molecule has 0 bridgehead atoms. The Bertz CT molecular complexity index is 428. The summed E-state index contributed by atoms with van der Waals surface area (Å²) >= 11 is 0. The molecule has 1 aliphatic rings. The van der Waals surface area contributed by atoms with Gasteiger partial charge in [-0.05, 0) is 35.6 Å². The van der Waals surface area contributed by atoms with Crippen LogP contribution in [0.3, 0.4) is 0 Å². The normalized spacial score (nSPS) is 19.6. The zero-order chi connectivity index (χ0) is 9.38. The molecule has 1 nitrogen and oxygen atoms in total. The van der Waals surface area contributed by atoms with Crippen molar-refractivity contribution in [2.24, 2.45) is 0 Å². The van der Waals surface area contributed by atoms with Gasteiger partial charge in [-0.1, -0.05) is 24.3 Å². The first kappa shape index (κ1) is 7.86. The van der Waals surface area contributed by atoms with Gasteiger partial charge in [-0.2, -0.15) is 0 Å². The van der Waals surface area contributed by atoms with Gasteiger partial charge in [0.25, 0.3) is 0 Å². The van der Waals surface area contributed by atoms with E-state index in [9.17, 15) is 0 Å². The van der Waals surface area contributed by atoms with Gasteiger partial charge in [0.1, 0.15) is 0 Å². The van der Waals surface area contributed by atoms with Gasteiger partial charge in [0.05, 0.1) is 6.20 Å². The third kappa shape index (κ3) is 1.09. The summed E-state index contributed by atoms with van der Waals surface area (Å²) in [5, 5.41) is 0. The molecule has 0 saturated heterocycles. The number of hydrogen-bond acceptors (Lipinski definition) is 0. The maximum Gasteiger partial charge on any atom is 0.0661 e. The van der Waals surface area contributed by atoms with E-state index < -0.39 is 0 Å². The van der Waals surface area contributed by atoms with Crippen LogP contribution in [0, 0.1) is 6.20 Å². The molecular weight excluding hydrogens is 170 g/mol. The fourth-order valence-electron chi connectivity index (χ4n) is 2.38. The zero-order valence-electron chi connectivity index (χ0n) is 7.96. The van der Waals surface area contributed by atoms with Crippen molar-refractivity contribution < 1.29 is 0 Å². The number of aromatic amines is 1. The monoisotopic (exact) mass is 182 g/mol. The quantitative estimate of drug-likeness (QED) is 0.698. The Balaban J connectivity index is 2.06. The molecule has 0 aliphatic heterocycles. The van der Waals surface area contributed by atoms with E-state index in [2.05, 4.69) is 41.5 Å². The molecule has 1 N–H and O–H groups in total. The lowest BCUT2D eigenvalue weighted by molar-refractivity contribution is 0.788. The number of aryl methyl sites for hydroxylation is 1. The van der Waals surface area contributed by atoms with Crippen molar-refractivity contribution in [3.63, 3.8) is 0 Å². The highest BCUT2D eigenvalue weighted by molar-refractivity contribution is 5.40. The topological polar surface area (TPSA) is 15.8 Å². The van der Waals surface area contributed by atoms with E-state index in [0.29, 0.717) is 5.92 Å². The Hall–Kier alpha value is -1.50. The molecule has 3 rings (SSSR count). The van der Waals surface area contributed by atoms with Crippen molar-refractivity contribution >= 4 is 0 Å². The van der Waals surface area contributed by atoms with E-state index in [1.807, 2.05) is 6.20 Å². The maximum atomic E-state index is 3.19. The first-order chi connectivity index (χ1) is 6.95. The highest BCUT2D eigenvalue weighted by Crippen LogP contribution is 2.37. The molecular formula is C13H12N. The van der Waals surface area contributed by atoms with Crippen molar-refractivity contribution in [2.75, 3.05) is 0 Å². The summed E-state index contributed by atoms with van der Waals surface area (Å²) < 4.78 is 0. The van der Waals surface area contributed by atoms with Crippen LogP contribution in [0.4, 0.5) is 0 Å². The van der Waals surface area contributed by atoms with Crippen LogP contribution in [-0.4, -0.2) is 4.98 Å². The van der Waals surface area contributed by atoms with Crippen LogP contribution in [0.25, 0.3) is 0 Å². The van der Waals surface area contributed by atoms with Crippen molar-refractivity contribution in [1.29, 1.82) is 0 Å². The van der Waals surface area contributed by atoms with Crippen LogP contribution < -0.4 is 0 Å². The van der Waals surface area contributed by atoms with E-state index in [1.165, 1.54) is 29.5 Å². The molecule has 0 fully saturated rings. The number of rotatable bonds is 1. The fraction of sp³-hybridized carbons (Fsp3) is 0.231. The molecule has 0 amide bonds. The smallest absolute Gasteiger partial charge is 0.0661 e. The molecule has 1 heterocycles. The van der Waals surface area contributed by atoms with E-state index in [0.717, 1.165) is 0 Å². The van der Waals surface area contributed by atoms with Gasteiger partial charge in [0.2, 0.25) is 0 Å². The molecule has 2 aromatic rings. The molecule has 0 spiro atoms. The molecule has 1 aromatic carbocycles. The fourth-order valence-corrected chi connectivity index (χ4v) is 2.38. The standard InChI is InChI=1S/C13H12N/c1-2-4-12-10(3-1)5-6-13(12)11-7-8-14-9-11/h1-4,7-8,13-14H,5-6H2. The molecule has 1 aromatic heterocycles. The third-order valence-electron chi connectivity index (χ3n) is 3.07. The Morgan fingerprint density at radius 2 is 2.14 bits per heavy atom. The van der Waals surface area contributed by atoms with E-state index in [-0.39, 0.29) is 0 Å². The number of benzene rings is 1. The second-order valence-corrected chi connectivity index (χ2v) is 3.85. The van der Waals surface area contributed by atoms with E-state index in [4.69, 9.17) is 0 Å². The van der Waals surface area contributed by atoms with Crippen LogP contribution in [0.1, 0.15) is 29.0 Å². The van der Waals surface area contributed by atoms with Gasteiger partial charge in [0.15, 0.2) is 0 Å². The van der Waals surface area contributed by atoms with Crippen LogP contribution in [-0.2, 0) is 6.42 Å².